The van der Waals surface area contributed by atoms with Crippen LogP contribution in [-0.2, 0) is 11.2 Å². The van der Waals surface area contributed by atoms with Crippen molar-refractivity contribution in [2.45, 2.75) is 32.2 Å². The molecule has 1 N–H and O–H groups in total. The Labute approximate surface area is 186 Å². The highest BCUT2D eigenvalue weighted by Gasteiger charge is 2.34. The highest BCUT2D eigenvalue weighted by Crippen LogP contribution is 2.41. The lowest BCUT2D eigenvalue weighted by atomic mass is 9.87. The fraction of sp³-hybridized carbons (Fsp3) is 0.360. The number of ether oxygens (including phenoxy) is 3. The molecule has 1 aliphatic heterocycles. The monoisotopic (exact) mass is 436 g/mol. The minimum atomic E-state index is -0.507. The molecule has 7 nitrogen and oxygen atoms in total. The molecular weight excluding hydrogens is 408 g/mol. The number of pyridine rings is 1. The zero-order valence-corrected chi connectivity index (χ0v) is 18.9. The second-order valence-electron chi connectivity index (χ2n) is 7.90. The molecule has 3 aromatic rings. The molecule has 0 aliphatic carbocycles. The number of H-pyrrole nitrogens is 1. The van der Waals surface area contributed by atoms with E-state index in [2.05, 4.69) is 4.98 Å². The summed E-state index contributed by atoms with van der Waals surface area (Å²) in [4.78, 5) is 31.1. The molecule has 2 heterocycles. The quantitative estimate of drug-likeness (QED) is 0.635. The Kier molecular flexibility index (Phi) is 6.08. The van der Waals surface area contributed by atoms with Crippen molar-refractivity contribution >= 4 is 16.8 Å². The standard InChI is InChI=1S/C25H28N2O5/c1-5-6-23(28)27-10-9-15-12-21(31-3)22(32-4)14-18(15)24(27)19-11-16-7-8-17(30-2)13-20(16)26-25(19)29/h7-8,11-14,24H,5-6,9-10H2,1-4H3,(H,26,29)/t24-/m1/s1. The van der Waals surface area contributed by atoms with Crippen LogP contribution in [0.5, 0.6) is 17.2 Å². The number of carbonyl (C=O) groups is 1. The lowest BCUT2D eigenvalue weighted by Crippen LogP contribution is -2.42. The maximum absolute atomic E-state index is 13.3. The van der Waals surface area contributed by atoms with Crippen molar-refractivity contribution in [3.8, 4) is 17.2 Å². The smallest absolute Gasteiger partial charge is 0.254 e. The number of nitrogens with one attached hydrogen (secondary N) is 1. The molecule has 0 saturated heterocycles. The Morgan fingerprint density at radius 1 is 1.03 bits per heavy atom. The van der Waals surface area contributed by atoms with Crippen LogP contribution in [0, 0.1) is 0 Å². The van der Waals surface area contributed by atoms with E-state index in [1.807, 2.05) is 42.2 Å². The van der Waals surface area contributed by atoms with Gasteiger partial charge in [0.25, 0.3) is 5.56 Å². The molecule has 1 atom stereocenters. The lowest BCUT2D eigenvalue weighted by molar-refractivity contribution is -0.133. The maximum Gasteiger partial charge on any atom is 0.254 e. The molecule has 0 saturated carbocycles. The normalized spacial score (nSPS) is 15.4. The van der Waals surface area contributed by atoms with Crippen molar-refractivity contribution in [1.29, 1.82) is 0 Å². The highest BCUT2D eigenvalue weighted by molar-refractivity contribution is 5.82. The zero-order chi connectivity index (χ0) is 22.8. The van der Waals surface area contributed by atoms with E-state index in [-0.39, 0.29) is 11.5 Å². The van der Waals surface area contributed by atoms with Crippen molar-refractivity contribution < 1.29 is 19.0 Å². The lowest BCUT2D eigenvalue weighted by Gasteiger charge is -2.38. The first kappa shape index (κ1) is 21.7. The van der Waals surface area contributed by atoms with Crippen LogP contribution in [0.25, 0.3) is 10.9 Å². The van der Waals surface area contributed by atoms with Gasteiger partial charge in [0.15, 0.2) is 11.5 Å². The Balaban J connectivity index is 1.93. The van der Waals surface area contributed by atoms with Crippen LogP contribution in [0.3, 0.4) is 0 Å². The summed E-state index contributed by atoms with van der Waals surface area (Å²) < 4.78 is 16.3. The molecule has 32 heavy (non-hydrogen) atoms. The summed E-state index contributed by atoms with van der Waals surface area (Å²) in [6, 6.07) is 10.8. The first-order valence-corrected chi connectivity index (χ1v) is 10.8. The van der Waals surface area contributed by atoms with Gasteiger partial charge >= 0.3 is 0 Å². The summed E-state index contributed by atoms with van der Waals surface area (Å²) in [7, 11) is 4.77. The predicted molar refractivity (Wildman–Crippen MR) is 123 cm³/mol. The number of methoxy groups -OCH3 is 3. The zero-order valence-electron chi connectivity index (χ0n) is 18.9. The number of amides is 1. The van der Waals surface area contributed by atoms with Gasteiger partial charge in [0.2, 0.25) is 5.91 Å². The van der Waals surface area contributed by atoms with E-state index in [0.717, 1.165) is 22.9 Å². The fourth-order valence-corrected chi connectivity index (χ4v) is 4.43. The van der Waals surface area contributed by atoms with E-state index in [1.165, 1.54) is 0 Å². The Morgan fingerprint density at radius 2 is 1.78 bits per heavy atom. The molecule has 4 rings (SSSR count). The van der Waals surface area contributed by atoms with E-state index in [9.17, 15) is 9.59 Å². The Morgan fingerprint density at radius 3 is 2.47 bits per heavy atom. The van der Waals surface area contributed by atoms with Crippen LogP contribution in [0.1, 0.15) is 42.5 Å². The third kappa shape index (κ3) is 3.79. The molecule has 0 radical (unpaired) electrons. The van der Waals surface area contributed by atoms with Crippen molar-refractivity contribution in [2.24, 2.45) is 0 Å². The number of benzene rings is 2. The van der Waals surface area contributed by atoms with Gasteiger partial charge in [-0.1, -0.05) is 6.92 Å². The van der Waals surface area contributed by atoms with Gasteiger partial charge in [0.05, 0.1) is 32.9 Å². The van der Waals surface area contributed by atoms with Crippen LogP contribution < -0.4 is 19.8 Å². The van der Waals surface area contributed by atoms with Crippen molar-refractivity contribution in [1.82, 2.24) is 9.88 Å². The summed E-state index contributed by atoms with van der Waals surface area (Å²) in [5.74, 6) is 1.91. The second-order valence-corrected chi connectivity index (χ2v) is 7.90. The third-order valence-electron chi connectivity index (χ3n) is 6.03. The number of hydrogen-bond donors (Lipinski definition) is 1. The molecule has 0 spiro atoms. The van der Waals surface area contributed by atoms with Gasteiger partial charge in [0.1, 0.15) is 5.75 Å². The van der Waals surface area contributed by atoms with E-state index >= 15 is 0 Å². The molecule has 0 fully saturated rings. The molecule has 2 aromatic carbocycles. The number of aromatic amines is 1. The fourth-order valence-electron chi connectivity index (χ4n) is 4.43. The van der Waals surface area contributed by atoms with E-state index < -0.39 is 6.04 Å². The van der Waals surface area contributed by atoms with E-state index in [0.29, 0.717) is 47.7 Å². The first-order chi connectivity index (χ1) is 15.5. The van der Waals surface area contributed by atoms with Crippen molar-refractivity contribution in [3.05, 3.63) is 63.4 Å². The van der Waals surface area contributed by atoms with Gasteiger partial charge in [-0.2, -0.15) is 0 Å². The summed E-state index contributed by atoms with van der Waals surface area (Å²) in [6.07, 6.45) is 1.86. The molecule has 0 unspecified atom stereocenters. The summed E-state index contributed by atoms with van der Waals surface area (Å²) >= 11 is 0. The van der Waals surface area contributed by atoms with Crippen molar-refractivity contribution in [3.63, 3.8) is 0 Å². The van der Waals surface area contributed by atoms with Gasteiger partial charge in [-0.05, 0) is 59.7 Å². The van der Waals surface area contributed by atoms with E-state index in [1.54, 1.807) is 27.4 Å². The molecule has 0 bridgehead atoms. The second kappa shape index (κ2) is 8.94. The number of nitrogens with zero attached hydrogens (tertiary/aromatic N) is 1. The third-order valence-corrected chi connectivity index (χ3v) is 6.03. The van der Waals surface area contributed by atoms with Gasteiger partial charge in [-0.25, -0.2) is 0 Å². The highest BCUT2D eigenvalue weighted by atomic mass is 16.5. The number of carbonyl (C=O) groups excluding carboxylic acids is 1. The van der Waals surface area contributed by atoms with Crippen molar-refractivity contribution in [2.75, 3.05) is 27.9 Å². The van der Waals surface area contributed by atoms with Crippen LogP contribution in [0.4, 0.5) is 0 Å². The largest absolute Gasteiger partial charge is 0.497 e. The summed E-state index contributed by atoms with van der Waals surface area (Å²) in [5, 5.41) is 0.871. The topological polar surface area (TPSA) is 80.9 Å². The molecular formula is C25H28N2O5. The van der Waals surface area contributed by atoms with Gasteiger partial charge in [-0.15, -0.1) is 0 Å². The molecule has 1 aliphatic rings. The van der Waals surface area contributed by atoms with Crippen LogP contribution in [0.15, 0.2) is 41.2 Å². The van der Waals surface area contributed by atoms with Crippen LogP contribution >= 0.6 is 0 Å². The maximum atomic E-state index is 13.3. The Bertz CT molecular complexity index is 1220. The number of hydrogen-bond acceptors (Lipinski definition) is 5. The number of aromatic nitrogens is 1. The predicted octanol–water partition coefficient (Wildman–Crippen LogP) is 3.83. The minimum Gasteiger partial charge on any atom is -0.497 e. The van der Waals surface area contributed by atoms with E-state index in [4.69, 9.17) is 14.2 Å². The van der Waals surface area contributed by atoms with Crippen LogP contribution in [-0.4, -0.2) is 43.7 Å². The Hall–Kier alpha value is -3.48. The first-order valence-electron chi connectivity index (χ1n) is 10.8. The number of rotatable bonds is 6. The average Bonchev–Trinajstić information content (AvgIpc) is 2.81. The summed E-state index contributed by atoms with van der Waals surface area (Å²) in [6.45, 7) is 2.51. The summed E-state index contributed by atoms with van der Waals surface area (Å²) in [5.41, 5.74) is 2.92. The molecule has 168 valence electrons. The van der Waals surface area contributed by atoms with Gasteiger partial charge in [-0.3, -0.25) is 9.59 Å². The molecule has 1 aromatic heterocycles. The minimum absolute atomic E-state index is 0.0344. The molecule has 1 amide bonds. The SMILES string of the molecule is CCCC(=O)N1CCc2cc(OC)c(OC)cc2[C@@H]1c1cc2ccc(OC)cc2[nH]c1=O. The molecule has 7 heteroatoms. The average molecular weight is 437 g/mol. The van der Waals surface area contributed by atoms with Crippen LogP contribution in [0.2, 0.25) is 0 Å². The number of fused-ring (bicyclic) bond motifs is 2. The van der Waals surface area contributed by atoms with Gasteiger partial charge in [0, 0.05) is 24.6 Å². The van der Waals surface area contributed by atoms with Gasteiger partial charge < -0.3 is 24.1 Å².